The van der Waals surface area contributed by atoms with E-state index in [-0.39, 0.29) is 18.3 Å². The number of nitrogens with zero attached hydrogens (tertiary/aromatic N) is 5. The Balaban J connectivity index is 1.66. The van der Waals surface area contributed by atoms with Crippen molar-refractivity contribution in [2.75, 3.05) is 25.0 Å². The van der Waals surface area contributed by atoms with Gasteiger partial charge in [-0.2, -0.15) is 4.80 Å². The number of tetrazole rings is 1. The predicted molar refractivity (Wildman–Crippen MR) is 74.5 cm³/mol. The van der Waals surface area contributed by atoms with Gasteiger partial charge in [0.2, 0.25) is 5.82 Å². The number of amides is 2. The maximum atomic E-state index is 13.6. The molecule has 1 aromatic carbocycles. The van der Waals surface area contributed by atoms with Crippen molar-refractivity contribution in [1.29, 1.82) is 0 Å². The van der Waals surface area contributed by atoms with Gasteiger partial charge in [-0.05, 0) is 17.3 Å². The quantitative estimate of drug-likeness (QED) is 0.893. The van der Waals surface area contributed by atoms with Crippen LogP contribution in [0.3, 0.4) is 0 Å². The highest BCUT2D eigenvalue weighted by atomic mass is 19.1. The number of morpholine rings is 1. The summed E-state index contributed by atoms with van der Waals surface area (Å²) in [6.07, 6.45) is -0.436. The molecule has 0 saturated carbocycles. The van der Waals surface area contributed by atoms with Crippen molar-refractivity contribution in [3.63, 3.8) is 0 Å². The number of aryl methyl sites for hydroxylation is 1. The highest BCUT2D eigenvalue weighted by Crippen LogP contribution is 2.20. The smallest absolute Gasteiger partial charge is 0.322 e. The Morgan fingerprint density at radius 3 is 3.00 bits per heavy atom. The second-order valence-electron chi connectivity index (χ2n) is 4.85. The SMILES string of the molecule is Cn1nnc(C2CN(C(=O)Nc3ccccc3F)CCO2)n1. The van der Waals surface area contributed by atoms with Gasteiger partial charge < -0.3 is 15.0 Å². The van der Waals surface area contributed by atoms with Gasteiger partial charge >= 0.3 is 6.03 Å². The molecule has 2 aromatic rings. The van der Waals surface area contributed by atoms with Crippen LogP contribution in [0.2, 0.25) is 0 Å². The van der Waals surface area contributed by atoms with Gasteiger partial charge in [0.15, 0.2) is 0 Å². The fourth-order valence-electron chi connectivity index (χ4n) is 2.17. The number of ether oxygens (including phenoxy) is 1. The molecule has 2 heterocycles. The second-order valence-corrected chi connectivity index (χ2v) is 4.85. The number of rotatable bonds is 2. The van der Waals surface area contributed by atoms with E-state index < -0.39 is 11.9 Å². The molecule has 0 bridgehead atoms. The van der Waals surface area contributed by atoms with Crippen molar-refractivity contribution in [3.05, 3.63) is 35.9 Å². The molecule has 1 N–H and O–H groups in total. The Labute approximate surface area is 125 Å². The van der Waals surface area contributed by atoms with E-state index in [9.17, 15) is 9.18 Å². The summed E-state index contributed by atoms with van der Waals surface area (Å²) < 4.78 is 19.1. The summed E-state index contributed by atoms with van der Waals surface area (Å²) in [5, 5.41) is 14.3. The Kier molecular flexibility index (Phi) is 3.96. The van der Waals surface area contributed by atoms with Crippen LogP contribution in [-0.4, -0.2) is 50.8 Å². The maximum absolute atomic E-state index is 13.6. The number of para-hydroxylation sites is 1. The predicted octanol–water partition coefficient (Wildman–Crippen LogP) is 0.955. The first kappa shape index (κ1) is 14.4. The molecule has 0 spiro atoms. The van der Waals surface area contributed by atoms with Crippen LogP contribution in [0.4, 0.5) is 14.9 Å². The van der Waals surface area contributed by atoms with E-state index in [1.54, 1.807) is 19.2 Å². The summed E-state index contributed by atoms with van der Waals surface area (Å²) in [4.78, 5) is 15.1. The fourth-order valence-corrected chi connectivity index (χ4v) is 2.17. The molecule has 8 nitrogen and oxygen atoms in total. The third-order valence-electron chi connectivity index (χ3n) is 3.28. The highest BCUT2D eigenvalue weighted by Gasteiger charge is 2.28. The van der Waals surface area contributed by atoms with Crippen LogP contribution in [0, 0.1) is 5.82 Å². The van der Waals surface area contributed by atoms with E-state index in [2.05, 4.69) is 20.7 Å². The van der Waals surface area contributed by atoms with Crippen molar-refractivity contribution >= 4 is 11.7 Å². The van der Waals surface area contributed by atoms with Crippen molar-refractivity contribution in [2.24, 2.45) is 7.05 Å². The number of aromatic nitrogens is 4. The Bertz CT molecular complexity index is 676. The molecule has 1 aromatic heterocycles. The summed E-state index contributed by atoms with van der Waals surface area (Å²) in [5.41, 5.74) is 0.146. The summed E-state index contributed by atoms with van der Waals surface area (Å²) in [5.74, 6) is -0.0536. The lowest BCUT2D eigenvalue weighted by Gasteiger charge is -2.31. The molecule has 9 heteroatoms. The van der Waals surface area contributed by atoms with Crippen LogP contribution in [-0.2, 0) is 11.8 Å². The van der Waals surface area contributed by atoms with Gasteiger partial charge in [-0.25, -0.2) is 9.18 Å². The molecule has 1 aliphatic heterocycles. The molecule has 1 atom stereocenters. The molecule has 1 aliphatic rings. The van der Waals surface area contributed by atoms with Gasteiger partial charge in [0, 0.05) is 6.54 Å². The van der Waals surface area contributed by atoms with E-state index in [1.165, 1.54) is 21.8 Å². The summed E-state index contributed by atoms with van der Waals surface area (Å²) in [7, 11) is 1.65. The van der Waals surface area contributed by atoms with Gasteiger partial charge in [0.05, 0.1) is 25.9 Å². The number of benzene rings is 1. The van der Waals surface area contributed by atoms with Gasteiger partial charge in [0.25, 0.3) is 0 Å². The lowest BCUT2D eigenvalue weighted by molar-refractivity contribution is -0.0182. The zero-order valence-corrected chi connectivity index (χ0v) is 11.9. The van der Waals surface area contributed by atoms with Crippen molar-refractivity contribution in [3.8, 4) is 0 Å². The largest absolute Gasteiger partial charge is 0.366 e. The summed E-state index contributed by atoms with van der Waals surface area (Å²) in [6, 6.07) is 5.64. The number of anilines is 1. The van der Waals surface area contributed by atoms with E-state index in [0.29, 0.717) is 19.0 Å². The van der Waals surface area contributed by atoms with Gasteiger partial charge in [0.1, 0.15) is 11.9 Å². The molecule has 2 amide bonds. The molecule has 22 heavy (non-hydrogen) atoms. The fraction of sp³-hybridized carbons (Fsp3) is 0.385. The average Bonchev–Trinajstić information content (AvgIpc) is 2.96. The number of urea groups is 1. The molecule has 1 saturated heterocycles. The van der Waals surface area contributed by atoms with Crippen LogP contribution in [0.25, 0.3) is 0 Å². The minimum Gasteiger partial charge on any atom is -0.366 e. The second kappa shape index (κ2) is 6.06. The average molecular weight is 306 g/mol. The molecular formula is C13H15FN6O2. The van der Waals surface area contributed by atoms with Crippen molar-refractivity contribution < 1.29 is 13.9 Å². The molecule has 116 valence electrons. The molecule has 3 rings (SSSR count). The number of halogens is 1. The van der Waals surface area contributed by atoms with Crippen LogP contribution in [0.5, 0.6) is 0 Å². The van der Waals surface area contributed by atoms with E-state index in [0.717, 1.165) is 0 Å². The topological polar surface area (TPSA) is 85.2 Å². The standard InChI is InChI=1S/C13H15FN6O2/c1-19-17-12(16-18-19)11-8-20(6-7-22-11)13(21)15-10-5-3-2-4-9(10)14/h2-5,11H,6-8H2,1H3,(H,15,21). The number of carbonyl (C=O) groups excluding carboxylic acids is 1. The maximum Gasteiger partial charge on any atom is 0.322 e. The molecular weight excluding hydrogens is 291 g/mol. The molecule has 0 radical (unpaired) electrons. The molecule has 0 aliphatic carbocycles. The minimum absolute atomic E-state index is 0.146. The highest BCUT2D eigenvalue weighted by molar-refractivity contribution is 5.89. The van der Waals surface area contributed by atoms with E-state index >= 15 is 0 Å². The van der Waals surface area contributed by atoms with Gasteiger partial charge in [-0.1, -0.05) is 12.1 Å². The van der Waals surface area contributed by atoms with Crippen LogP contribution < -0.4 is 5.32 Å². The molecule has 1 fully saturated rings. The summed E-state index contributed by atoms with van der Waals surface area (Å²) >= 11 is 0. The van der Waals surface area contributed by atoms with Gasteiger partial charge in [-0.3, -0.25) is 0 Å². The summed E-state index contributed by atoms with van der Waals surface area (Å²) in [6.45, 7) is 1.05. The number of carbonyl (C=O) groups is 1. The third kappa shape index (κ3) is 3.03. The number of hydrogen-bond donors (Lipinski definition) is 1. The Hall–Kier alpha value is -2.55. The monoisotopic (exact) mass is 306 g/mol. The van der Waals surface area contributed by atoms with Crippen LogP contribution in [0.1, 0.15) is 11.9 Å². The van der Waals surface area contributed by atoms with E-state index in [4.69, 9.17) is 4.74 Å². The Morgan fingerprint density at radius 1 is 1.45 bits per heavy atom. The number of hydrogen-bond acceptors (Lipinski definition) is 5. The minimum atomic E-state index is -0.476. The van der Waals surface area contributed by atoms with Crippen molar-refractivity contribution in [1.82, 2.24) is 25.1 Å². The first-order valence-electron chi connectivity index (χ1n) is 6.79. The third-order valence-corrected chi connectivity index (χ3v) is 3.28. The van der Waals surface area contributed by atoms with Crippen molar-refractivity contribution in [2.45, 2.75) is 6.10 Å². The lowest BCUT2D eigenvalue weighted by atomic mass is 10.2. The zero-order chi connectivity index (χ0) is 15.5. The van der Waals surface area contributed by atoms with Crippen LogP contribution >= 0.6 is 0 Å². The van der Waals surface area contributed by atoms with Gasteiger partial charge in [-0.15, -0.1) is 10.2 Å². The first-order valence-corrected chi connectivity index (χ1v) is 6.79. The Morgan fingerprint density at radius 2 is 2.27 bits per heavy atom. The first-order chi connectivity index (χ1) is 10.6. The lowest BCUT2D eigenvalue weighted by Crippen LogP contribution is -2.44. The van der Waals surface area contributed by atoms with Crippen LogP contribution in [0.15, 0.2) is 24.3 Å². The normalized spacial score (nSPS) is 18.3. The number of nitrogens with one attached hydrogen (secondary N) is 1. The molecule has 1 unspecified atom stereocenters. The van der Waals surface area contributed by atoms with E-state index in [1.807, 2.05) is 0 Å². The zero-order valence-electron chi connectivity index (χ0n) is 11.9.